The van der Waals surface area contributed by atoms with E-state index >= 15 is 0 Å². The Morgan fingerprint density at radius 2 is 0.808 bits per heavy atom. The van der Waals surface area contributed by atoms with Crippen molar-refractivity contribution in [2.75, 3.05) is 0 Å². The summed E-state index contributed by atoms with van der Waals surface area (Å²) in [5, 5.41) is 10.6. The quantitative estimate of drug-likeness (QED) is 0.166. The second-order valence-corrected chi connectivity index (χ2v) is 14.6. The highest BCUT2D eigenvalue weighted by Crippen LogP contribution is 2.55. The molecule has 52 heavy (non-hydrogen) atoms. The number of allylic oxidation sites excluding steroid dienone is 4. The zero-order chi connectivity index (χ0) is 33.9. The molecule has 0 aliphatic heterocycles. The van der Waals surface area contributed by atoms with Gasteiger partial charge in [-0.25, -0.2) is 0 Å². The second kappa shape index (κ2) is 10.5. The average Bonchev–Trinajstić information content (AvgIpc) is 3.72. The highest BCUT2D eigenvalue weighted by atomic mass is 14.4. The van der Waals surface area contributed by atoms with Gasteiger partial charge in [0.25, 0.3) is 0 Å². The predicted molar refractivity (Wildman–Crippen MR) is 221 cm³/mol. The van der Waals surface area contributed by atoms with E-state index < -0.39 is 0 Å². The Morgan fingerprint density at radius 3 is 1.56 bits per heavy atom. The fourth-order valence-corrected chi connectivity index (χ4v) is 10.0. The lowest BCUT2D eigenvalue weighted by molar-refractivity contribution is 0.769. The highest BCUT2D eigenvalue weighted by Gasteiger charge is 2.33. The van der Waals surface area contributed by atoms with Crippen LogP contribution in [-0.4, -0.2) is 0 Å². The van der Waals surface area contributed by atoms with Gasteiger partial charge in [-0.05, 0) is 116 Å². The standard InChI is InChI=1S/C52H32/c1-2-12-31(13-3-1)32-24-25-47-48(30-32)52(46-29-27-44-36-17-7-5-15-34(36)38-21-11-23-42(46)50(38)44)40-19-9-8-18-39(40)51(47)45-28-26-43-35-16-6-4-14-33(35)37-20-10-22-41(45)49(37)43/h1-30,33,35H. The monoisotopic (exact) mass is 656 g/mol. The first-order chi connectivity index (χ1) is 25.8. The van der Waals surface area contributed by atoms with E-state index in [1.165, 1.54) is 110 Å². The fraction of sp³-hybridized carbons (Fsp3) is 0.0385. The van der Waals surface area contributed by atoms with Crippen LogP contribution in [0.2, 0.25) is 0 Å². The van der Waals surface area contributed by atoms with Crippen LogP contribution in [0.15, 0.2) is 182 Å². The van der Waals surface area contributed by atoms with E-state index in [2.05, 4.69) is 182 Å². The summed E-state index contributed by atoms with van der Waals surface area (Å²) in [4.78, 5) is 0. The molecular formula is C52H32. The molecule has 0 bridgehead atoms. The minimum absolute atomic E-state index is 0.401. The van der Waals surface area contributed by atoms with E-state index in [0.717, 1.165) is 0 Å². The van der Waals surface area contributed by atoms with Crippen LogP contribution < -0.4 is 0 Å². The third kappa shape index (κ3) is 3.71. The summed E-state index contributed by atoms with van der Waals surface area (Å²) in [5.41, 5.74) is 15.9. The molecule has 0 fully saturated rings. The molecule has 0 N–H and O–H groups in total. The minimum atomic E-state index is 0.401. The molecule has 0 nitrogen and oxygen atoms in total. The molecule has 0 saturated carbocycles. The van der Waals surface area contributed by atoms with Crippen LogP contribution in [0, 0.1) is 0 Å². The van der Waals surface area contributed by atoms with Crippen molar-refractivity contribution < 1.29 is 0 Å². The van der Waals surface area contributed by atoms with E-state index in [0.29, 0.717) is 11.8 Å². The zero-order valence-corrected chi connectivity index (χ0v) is 28.5. The Balaban J connectivity index is 1.22. The van der Waals surface area contributed by atoms with Crippen molar-refractivity contribution in [3.05, 3.63) is 193 Å². The molecule has 0 amide bonds. The van der Waals surface area contributed by atoms with Crippen LogP contribution in [0.3, 0.4) is 0 Å². The molecule has 3 aliphatic rings. The van der Waals surface area contributed by atoms with E-state index in [1.807, 2.05) is 0 Å². The van der Waals surface area contributed by atoms with Crippen LogP contribution >= 0.6 is 0 Å². The fourth-order valence-electron chi connectivity index (χ4n) is 10.0. The van der Waals surface area contributed by atoms with E-state index in [9.17, 15) is 0 Å². The van der Waals surface area contributed by atoms with Crippen molar-refractivity contribution in [1.82, 2.24) is 0 Å². The Bertz CT molecular complexity index is 3010. The topological polar surface area (TPSA) is 0 Å². The first-order valence-corrected chi connectivity index (χ1v) is 18.4. The first kappa shape index (κ1) is 28.2. The van der Waals surface area contributed by atoms with E-state index in [-0.39, 0.29) is 0 Å². The summed E-state index contributed by atoms with van der Waals surface area (Å²) in [5.74, 6) is 0.802. The van der Waals surface area contributed by atoms with Gasteiger partial charge in [0.05, 0.1) is 0 Å². The maximum atomic E-state index is 2.46. The van der Waals surface area contributed by atoms with Crippen molar-refractivity contribution in [3.63, 3.8) is 0 Å². The zero-order valence-electron chi connectivity index (χ0n) is 28.5. The number of fused-ring (bicyclic) bond motifs is 8. The minimum Gasteiger partial charge on any atom is -0.0761 e. The van der Waals surface area contributed by atoms with Crippen LogP contribution in [0.25, 0.3) is 98.7 Å². The first-order valence-electron chi connectivity index (χ1n) is 18.4. The van der Waals surface area contributed by atoms with Gasteiger partial charge in [0.2, 0.25) is 0 Å². The molecule has 0 radical (unpaired) electrons. The van der Waals surface area contributed by atoms with Crippen molar-refractivity contribution >= 4 is 43.1 Å². The van der Waals surface area contributed by atoms with Gasteiger partial charge >= 0.3 is 0 Å². The van der Waals surface area contributed by atoms with Crippen LogP contribution in [0.5, 0.6) is 0 Å². The van der Waals surface area contributed by atoms with Gasteiger partial charge in [0, 0.05) is 11.8 Å². The van der Waals surface area contributed by atoms with Crippen LogP contribution in [0.1, 0.15) is 23.0 Å². The predicted octanol–water partition coefficient (Wildman–Crippen LogP) is 14.3. The van der Waals surface area contributed by atoms with Gasteiger partial charge < -0.3 is 0 Å². The van der Waals surface area contributed by atoms with Crippen LogP contribution in [0.4, 0.5) is 0 Å². The smallest absolute Gasteiger partial charge is 0.0131 e. The normalized spacial score (nSPS) is 16.3. The molecule has 2 atom stereocenters. The molecule has 0 aromatic heterocycles. The van der Waals surface area contributed by atoms with Crippen molar-refractivity contribution in [1.29, 1.82) is 0 Å². The second-order valence-electron chi connectivity index (χ2n) is 14.6. The summed E-state index contributed by atoms with van der Waals surface area (Å²) in [6.45, 7) is 0. The van der Waals surface area contributed by atoms with Gasteiger partial charge in [0.15, 0.2) is 0 Å². The largest absolute Gasteiger partial charge is 0.0761 e. The Morgan fingerprint density at radius 1 is 0.288 bits per heavy atom. The molecule has 2 unspecified atom stereocenters. The molecular weight excluding hydrogens is 625 g/mol. The van der Waals surface area contributed by atoms with Crippen molar-refractivity contribution in [2.24, 2.45) is 0 Å². The number of hydrogen-bond donors (Lipinski definition) is 0. The van der Waals surface area contributed by atoms with Gasteiger partial charge in [0.1, 0.15) is 0 Å². The van der Waals surface area contributed by atoms with Crippen molar-refractivity contribution in [3.8, 4) is 55.6 Å². The van der Waals surface area contributed by atoms with Gasteiger partial charge in [-0.3, -0.25) is 0 Å². The molecule has 240 valence electrons. The molecule has 0 heteroatoms. The summed E-state index contributed by atoms with van der Waals surface area (Å²) < 4.78 is 0. The number of rotatable bonds is 3. The van der Waals surface area contributed by atoms with E-state index in [1.54, 1.807) is 0 Å². The van der Waals surface area contributed by atoms with Crippen LogP contribution in [-0.2, 0) is 0 Å². The molecule has 0 heterocycles. The molecule has 0 saturated heterocycles. The summed E-state index contributed by atoms with van der Waals surface area (Å²) in [6, 6.07) is 59.5. The average molecular weight is 657 g/mol. The summed E-state index contributed by atoms with van der Waals surface area (Å²) >= 11 is 0. The SMILES string of the molecule is C1=CC2c3cccc4c(-c5c6ccccc6c(-c6ccc7c8c(cccc68)-c6ccccc6-7)c6cc(-c7ccccc7)ccc56)ccc(c34)C2C=C1. The molecule has 3 aliphatic carbocycles. The molecule has 9 aromatic rings. The summed E-state index contributed by atoms with van der Waals surface area (Å²) in [7, 11) is 0. The van der Waals surface area contributed by atoms with E-state index in [4.69, 9.17) is 0 Å². The lowest BCUT2D eigenvalue weighted by Gasteiger charge is -2.21. The maximum absolute atomic E-state index is 2.46. The third-order valence-corrected chi connectivity index (χ3v) is 12.2. The number of benzene rings is 9. The van der Waals surface area contributed by atoms with Gasteiger partial charge in [-0.2, -0.15) is 0 Å². The molecule has 9 aromatic carbocycles. The maximum Gasteiger partial charge on any atom is 0.0131 e. The highest BCUT2D eigenvalue weighted by molar-refractivity contribution is 6.28. The molecule has 12 rings (SSSR count). The van der Waals surface area contributed by atoms with Gasteiger partial charge in [-0.1, -0.05) is 176 Å². The third-order valence-electron chi connectivity index (χ3n) is 12.2. The lowest BCUT2D eigenvalue weighted by atomic mass is 9.82. The van der Waals surface area contributed by atoms with Crippen molar-refractivity contribution in [2.45, 2.75) is 11.8 Å². The summed E-state index contributed by atoms with van der Waals surface area (Å²) in [6.07, 6.45) is 9.21. The number of hydrogen-bond acceptors (Lipinski definition) is 0. The Labute approximate surface area is 302 Å². The molecule has 0 spiro atoms. The van der Waals surface area contributed by atoms with Gasteiger partial charge in [-0.15, -0.1) is 0 Å². The lowest BCUT2D eigenvalue weighted by Crippen LogP contribution is -2.01. The Hall–Kier alpha value is -6.50. The Kier molecular flexibility index (Phi) is 5.71.